The average molecular weight is 244 g/mol. The molecule has 0 aromatic rings. The molecule has 0 fully saturated rings. The summed E-state index contributed by atoms with van der Waals surface area (Å²) in [4.78, 5) is 11.6. The number of rotatable bonds is 6. The van der Waals surface area contributed by atoms with Crippen molar-refractivity contribution in [3.05, 3.63) is 23.8 Å². The van der Waals surface area contributed by atoms with Gasteiger partial charge in [-0.05, 0) is 18.4 Å². The van der Waals surface area contributed by atoms with Gasteiger partial charge in [0, 0.05) is 20.6 Å². The molecule has 1 aliphatic rings. The maximum absolute atomic E-state index is 11.7. The van der Waals surface area contributed by atoms with Gasteiger partial charge in [-0.1, -0.05) is 18.2 Å². The summed E-state index contributed by atoms with van der Waals surface area (Å²) < 4.78 is 21.1. The van der Waals surface area contributed by atoms with E-state index in [0.717, 1.165) is 18.4 Å². The van der Waals surface area contributed by atoms with Gasteiger partial charge in [-0.25, -0.2) is 0 Å². The predicted molar refractivity (Wildman–Crippen MR) is 62.6 cm³/mol. The van der Waals surface area contributed by atoms with Crippen molar-refractivity contribution in [1.82, 2.24) is 0 Å². The molecule has 0 saturated carbocycles. The van der Waals surface area contributed by atoms with E-state index < -0.39 is 7.60 Å². The predicted octanol–water partition coefficient (Wildman–Crippen LogP) is 2.71. The van der Waals surface area contributed by atoms with E-state index in [1.54, 1.807) is 0 Å². The number of ketones is 1. The van der Waals surface area contributed by atoms with E-state index >= 15 is 0 Å². The number of allylic oxidation sites excluding steroid dienone is 4. The van der Waals surface area contributed by atoms with Crippen LogP contribution in [0.5, 0.6) is 0 Å². The maximum atomic E-state index is 11.7. The van der Waals surface area contributed by atoms with Gasteiger partial charge >= 0.3 is 7.60 Å². The van der Waals surface area contributed by atoms with Crippen LogP contribution in [0.15, 0.2) is 23.8 Å². The van der Waals surface area contributed by atoms with Gasteiger partial charge in [0.1, 0.15) is 11.9 Å². The average Bonchev–Trinajstić information content (AvgIpc) is 2.30. The molecule has 90 valence electrons. The zero-order valence-electron chi connectivity index (χ0n) is 9.64. The Morgan fingerprint density at radius 1 is 1.38 bits per heavy atom. The smallest absolute Gasteiger partial charge is 0.312 e. The van der Waals surface area contributed by atoms with Crippen molar-refractivity contribution in [3.8, 4) is 0 Å². The minimum Gasteiger partial charge on any atom is -0.312 e. The first-order chi connectivity index (χ1) is 7.59. The van der Waals surface area contributed by atoms with Gasteiger partial charge in [-0.3, -0.25) is 9.36 Å². The van der Waals surface area contributed by atoms with Crippen molar-refractivity contribution in [3.63, 3.8) is 0 Å². The Bertz CT molecular complexity index is 349. The monoisotopic (exact) mass is 244 g/mol. The Morgan fingerprint density at radius 3 is 2.56 bits per heavy atom. The Hall–Kier alpha value is -0.700. The molecular formula is C11H17O4P. The molecule has 0 heterocycles. The van der Waals surface area contributed by atoms with Crippen molar-refractivity contribution in [2.24, 2.45) is 0 Å². The van der Waals surface area contributed by atoms with Gasteiger partial charge in [0.05, 0.1) is 0 Å². The first-order valence-electron chi connectivity index (χ1n) is 5.17. The van der Waals surface area contributed by atoms with Crippen LogP contribution < -0.4 is 0 Å². The summed E-state index contributed by atoms with van der Waals surface area (Å²) in [5.74, 6) is -0.121. The standard InChI is InChI=1S/C11H17O4P/c1-14-16(13,15-2)9-11(12)8-10-6-4-3-5-7-10/h4,6-7H,3,5,8-9H2,1-2H3. The zero-order chi connectivity index (χ0) is 12.0. The Labute approximate surface area is 95.9 Å². The summed E-state index contributed by atoms with van der Waals surface area (Å²) in [6, 6.07) is 0. The van der Waals surface area contributed by atoms with Crippen LogP contribution >= 0.6 is 7.60 Å². The van der Waals surface area contributed by atoms with Crippen LogP contribution in [-0.4, -0.2) is 26.2 Å². The van der Waals surface area contributed by atoms with Gasteiger partial charge < -0.3 is 9.05 Å². The highest BCUT2D eigenvalue weighted by atomic mass is 31.2. The van der Waals surface area contributed by atoms with Gasteiger partial charge in [-0.2, -0.15) is 0 Å². The lowest BCUT2D eigenvalue weighted by Gasteiger charge is -2.13. The van der Waals surface area contributed by atoms with Crippen LogP contribution in [-0.2, 0) is 18.4 Å². The minimum atomic E-state index is -3.21. The molecule has 0 amide bonds. The largest absolute Gasteiger partial charge is 0.337 e. The molecule has 4 nitrogen and oxygen atoms in total. The lowest BCUT2D eigenvalue weighted by atomic mass is 10.0. The lowest BCUT2D eigenvalue weighted by Crippen LogP contribution is -2.08. The van der Waals surface area contributed by atoms with Crippen LogP contribution in [0.25, 0.3) is 0 Å². The Morgan fingerprint density at radius 2 is 2.06 bits per heavy atom. The molecule has 0 saturated heterocycles. The number of hydrogen-bond donors (Lipinski definition) is 0. The lowest BCUT2D eigenvalue weighted by molar-refractivity contribution is -0.116. The van der Waals surface area contributed by atoms with Crippen LogP contribution in [0, 0.1) is 0 Å². The van der Waals surface area contributed by atoms with Gasteiger partial charge in [0.25, 0.3) is 0 Å². The van der Waals surface area contributed by atoms with E-state index in [4.69, 9.17) is 9.05 Å². The Balaban J connectivity index is 2.50. The fourth-order valence-corrected chi connectivity index (χ4v) is 2.45. The van der Waals surface area contributed by atoms with E-state index in [-0.39, 0.29) is 11.9 Å². The number of Topliss-reactive ketones (excluding diaryl/α,β-unsaturated/α-hetero) is 1. The van der Waals surface area contributed by atoms with Crippen LogP contribution in [0.1, 0.15) is 19.3 Å². The molecule has 1 rings (SSSR count). The Kier molecular flexibility index (Phi) is 5.13. The topological polar surface area (TPSA) is 52.6 Å². The molecule has 0 spiro atoms. The van der Waals surface area contributed by atoms with Crippen LogP contribution in [0.2, 0.25) is 0 Å². The van der Waals surface area contributed by atoms with E-state index in [1.807, 2.05) is 18.2 Å². The third-order valence-electron chi connectivity index (χ3n) is 2.40. The molecule has 0 N–H and O–H groups in total. The zero-order valence-corrected chi connectivity index (χ0v) is 10.5. The highest BCUT2D eigenvalue weighted by Crippen LogP contribution is 2.46. The van der Waals surface area contributed by atoms with E-state index in [2.05, 4.69) is 0 Å². The molecule has 5 heteroatoms. The fourth-order valence-electron chi connectivity index (χ4n) is 1.50. The quantitative estimate of drug-likeness (QED) is 0.674. The van der Waals surface area contributed by atoms with Crippen molar-refractivity contribution in [2.75, 3.05) is 20.4 Å². The third kappa shape index (κ3) is 4.05. The SMILES string of the molecule is COP(=O)(CC(=O)CC1=CCCC=C1)OC. The second-order valence-corrected chi connectivity index (χ2v) is 5.88. The third-order valence-corrected chi connectivity index (χ3v) is 4.25. The van der Waals surface area contributed by atoms with Crippen molar-refractivity contribution in [1.29, 1.82) is 0 Å². The molecule has 0 unspecified atom stereocenters. The van der Waals surface area contributed by atoms with E-state index in [9.17, 15) is 9.36 Å². The van der Waals surface area contributed by atoms with Crippen LogP contribution in [0.4, 0.5) is 0 Å². The maximum Gasteiger partial charge on any atom is 0.337 e. The van der Waals surface area contributed by atoms with E-state index in [0.29, 0.717) is 6.42 Å². The molecule has 0 bridgehead atoms. The van der Waals surface area contributed by atoms with Crippen LogP contribution in [0.3, 0.4) is 0 Å². The first kappa shape index (κ1) is 13.4. The molecule has 0 atom stereocenters. The second kappa shape index (κ2) is 6.14. The van der Waals surface area contributed by atoms with Crippen molar-refractivity contribution in [2.45, 2.75) is 19.3 Å². The van der Waals surface area contributed by atoms with Crippen molar-refractivity contribution >= 4 is 13.4 Å². The summed E-state index contributed by atoms with van der Waals surface area (Å²) in [7, 11) is -0.628. The molecule has 1 aliphatic carbocycles. The highest BCUT2D eigenvalue weighted by molar-refractivity contribution is 7.54. The normalized spacial score (nSPS) is 16.0. The number of carbonyl (C=O) groups excluding carboxylic acids is 1. The highest BCUT2D eigenvalue weighted by Gasteiger charge is 2.25. The summed E-state index contributed by atoms with van der Waals surface area (Å²) in [6.07, 6.45) is 8.12. The molecule has 0 aliphatic heterocycles. The molecule has 0 aromatic carbocycles. The molecular weight excluding hydrogens is 227 g/mol. The summed E-state index contributed by atoms with van der Waals surface area (Å²) in [5.41, 5.74) is 0.981. The van der Waals surface area contributed by atoms with Gasteiger partial charge in [0.2, 0.25) is 0 Å². The molecule has 0 aromatic heterocycles. The van der Waals surface area contributed by atoms with Crippen molar-refractivity contribution < 1.29 is 18.4 Å². The molecule has 0 radical (unpaired) electrons. The molecule has 16 heavy (non-hydrogen) atoms. The van der Waals surface area contributed by atoms with Gasteiger partial charge in [-0.15, -0.1) is 0 Å². The fraction of sp³-hybridized carbons (Fsp3) is 0.545. The second-order valence-electron chi connectivity index (χ2n) is 3.61. The number of hydrogen-bond acceptors (Lipinski definition) is 4. The summed E-state index contributed by atoms with van der Waals surface area (Å²) in [6.45, 7) is 0. The summed E-state index contributed by atoms with van der Waals surface area (Å²) >= 11 is 0. The van der Waals surface area contributed by atoms with Gasteiger partial charge in [0.15, 0.2) is 0 Å². The van der Waals surface area contributed by atoms with E-state index in [1.165, 1.54) is 14.2 Å². The first-order valence-corrected chi connectivity index (χ1v) is 6.90. The minimum absolute atomic E-state index is 0.121. The summed E-state index contributed by atoms with van der Waals surface area (Å²) in [5, 5.41) is 0. The number of carbonyl (C=O) groups is 1.